The molecule has 0 bridgehead atoms. The van der Waals surface area contributed by atoms with Crippen molar-refractivity contribution in [1.29, 1.82) is 0 Å². The largest absolute Gasteiger partial charge is 0.370 e. The molecule has 4 atom stereocenters. The van der Waals surface area contributed by atoms with Gasteiger partial charge < -0.3 is 14.2 Å². The van der Waals surface area contributed by atoms with Gasteiger partial charge in [-0.1, -0.05) is 97.9 Å². The Hall–Kier alpha value is -2.79. The van der Waals surface area contributed by atoms with E-state index in [0.29, 0.717) is 26.2 Å². The van der Waals surface area contributed by atoms with Gasteiger partial charge in [0.2, 0.25) is 0 Å². The van der Waals surface area contributed by atoms with Crippen LogP contribution in [0.3, 0.4) is 0 Å². The number of hydrogen-bond donors (Lipinski definition) is 0. The van der Waals surface area contributed by atoms with Gasteiger partial charge in [0.05, 0.1) is 25.9 Å². The Morgan fingerprint density at radius 3 is 1.50 bits per heavy atom. The van der Waals surface area contributed by atoms with Crippen molar-refractivity contribution >= 4 is 5.78 Å². The van der Waals surface area contributed by atoms with Gasteiger partial charge in [0.15, 0.2) is 5.78 Å². The molecule has 0 spiro atoms. The van der Waals surface area contributed by atoms with E-state index in [2.05, 4.69) is 6.92 Å². The topological polar surface area (TPSA) is 44.8 Å². The predicted molar refractivity (Wildman–Crippen MR) is 124 cm³/mol. The van der Waals surface area contributed by atoms with Crippen molar-refractivity contribution in [1.82, 2.24) is 0 Å². The number of ketones is 1. The molecule has 1 fully saturated rings. The first-order chi connectivity index (χ1) is 15.7. The fourth-order valence-electron chi connectivity index (χ4n) is 4.15. The number of Topliss-reactive ketones (excluding diaryl/α,β-unsaturated/α-hetero) is 1. The van der Waals surface area contributed by atoms with E-state index in [1.54, 1.807) is 0 Å². The smallest absolute Gasteiger partial charge is 0.164 e. The van der Waals surface area contributed by atoms with Crippen LogP contribution in [-0.2, 0) is 38.8 Å². The normalized spacial score (nSPS) is 23.2. The lowest BCUT2D eigenvalue weighted by Crippen LogP contribution is -2.54. The first kappa shape index (κ1) is 22.4. The summed E-state index contributed by atoms with van der Waals surface area (Å²) in [5.74, 6) is 0.120. The first-order valence-corrected chi connectivity index (χ1v) is 11.2. The summed E-state index contributed by atoms with van der Waals surface area (Å²) in [6, 6.07) is 30.0. The second-order valence-electron chi connectivity index (χ2n) is 8.39. The molecule has 1 saturated carbocycles. The molecule has 3 aromatic carbocycles. The molecule has 0 aromatic heterocycles. The van der Waals surface area contributed by atoms with Gasteiger partial charge in [-0.3, -0.25) is 4.79 Å². The van der Waals surface area contributed by atoms with Crippen molar-refractivity contribution in [2.24, 2.45) is 5.92 Å². The Balaban J connectivity index is 1.51. The first-order valence-electron chi connectivity index (χ1n) is 11.2. The lowest BCUT2D eigenvalue weighted by Gasteiger charge is -2.40. The zero-order chi connectivity index (χ0) is 22.2. The average Bonchev–Trinajstić information content (AvgIpc) is 2.83. The van der Waals surface area contributed by atoms with Gasteiger partial charge >= 0.3 is 0 Å². The SMILES string of the molecule is CC1CC(=O)[C@H](OCc2ccccc2)[C@H](OCc2ccccc2)[C@H]1OCc1ccccc1. The van der Waals surface area contributed by atoms with Crippen LogP contribution < -0.4 is 0 Å². The molecule has 0 N–H and O–H groups in total. The Morgan fingerprint density at radius 2 is 1.03 bits per heavy atom. The summed E-state index contributed by atoms with van der Waals surface area (Å²) in [7, 11) is 0. The van der Waals surface area contributed by atoms with Crippen molar-refractivity contribution in [3.8, 4) is 0 Å². The highest BCUT2D eigenvalue weighted by Crippen LogP contribution is 2.31. The third kappa shape index (κ3) is 5.92. The summed E-state index contributed by atoms with van der Waals surface area (Å²) >= 11 is 0. The standard InChI is InChI=1S/C28H30O4/c1-21-17-25(29)27(31-19-23-13-7-3-8-14-23)28(32-20-24-15-9-4-10-16-24)26(21)30-18-22-11-5-2-6-12-22/h2-16,21,26-28H,17-20H2,1H3/t21?,26-,27-,28+/m0/s1. The molecule has 4 heteroatoms. The van der Waals surface area contributed by atoms with Gasteiger partial charge in [-0.05, 0) is 22.6 Å². The molecule has 0 heterocycles. The molecule has 3 aromatic rings. The summed E-state index contributed by atoms with van der Waals surface area (Å²) in [5, 5.41) is 0. The second-order valence-corrected chi connectivity index (χ2v) is 8.39. The lowest BCUT2D eigenvalue weighted by atomic mass is 9.82. The Morgan fingerprint density at radius 1 is 0.625 bits per heavy atom. The summed E-state index contributed by atoms with van der Waals surface area (Å²) in [6.45, 7) is 3.30. The zero-order valence-electron chi connectivity index (χ0n) is 18.4. The molecular weight excluding hydrogens is 400 g/mol. The number of carbonyl (C=O) groups excluding carboxylic acids is 1. The highest BCUT2D eigenvalue weighted by Gasteiger charge is 2.45. The summed E-state index contributed by atoms with van der Waals surface area (Å²) in [4.78, 5) is 13.0. The molecule has 32 heavy (non-hydrogen) atoms. The number of benzene rings is 3. The van der Waals surface area contributed by atoms with Gasteiger partial charge in [0.1, 0.15) is 12.2 Å². The van der Waals surface area contributed by atoms with Crippen LogP contribution in [0.25, 0.3) is 0 Å². The van der Waals surface area contributed by atoms with Crippen LogP contribution in [0.15, 0.2) is 91.0 Å². The monoisotopic (exact) mass is 430 g/mol. The van der Waals surface area contributed by atoms with E-state index < -0.39 is 12.2 Å². The minimum absolute atomic E-state index is 0.0450. The van der Waals surface area contributed by atoms with E-state index in [9.17, 15) is 4.79 Å². The summed E-state index contributed by atoms with van der Waals surface area (Å²) in [6.07, 6.45) is -0.948. The molecule has 166 valence electrons. The lowest BCUT2D eigenvalue weighted by molar-refractivity contribution is -0.189. The maximum absolute atomic E-state index is 13.0. The van der Waals surface area contributed by atoms with E-state index in [1.165, 1.54) is 0 Å². The fourth-order valence-corrected chi connectivity index (χ4v) is 4.15. The highest BCUT2D eigenvalue weighted by molar-refractivity contribution is 5.85. The van der Waals surface area contributed by atoms with Crippen molar-refractivity contribution in [3.63, 3.8) is 0 Å². The van der Waals surface area contributed by atoms with Gasteiger partial charge in [-0.2, -0.15) is 0 Å². The van der Waals surface area contributed by atoms with E-state index in [-0.39, 0.29) is 17.8 Å². The average molecular weight is 431 g/mol. The maximum atomic E-state index is 13.0. The number of rotatable bonds is 9. The molecule has 1 aliphatic rings. The molecular formula is C28H30O4. The predicted octanol–water partition coefficient (Wildman–Crippen LogP) is 5.35. The van der Waals surface area contributed by atoms with E-state index in [1.807, 2.05) is 91.0 Å². The van der Waals surface area contributed by atoms with Crippen LogP contribution in [0.1, 0.15) is 30.0 Å². The Bertz CT molecular complexity index is 958. The van der Waals surface area contributed by atoms with Crippen LogP contribution in [0, 0.1) is 5.92 Å². The van der Waals surface area contributed by atoms with Crippen LogP contribution in [0.4, 0.5) is 0 Å². The summed E-state index contributed by atoms with van der Waals surface area (Å²) in [5.41, 5.74) is 3.18. The number of carbonyl (C=O) groups is 1. The molecule has 1 aliphatic carbocycles. The van der Waals surface area contributed by atoms with Crippen LogP contribution >= 0.6 is 0 Å². The molecule has 4 nitrogen and oxygen atoms in total. The van der Waals surface area contributed by atoms with Crippen molar-refractivity contribution in [3.05, 3.63) is 108 Å². The van der Waals surface area contributed by atoms with E-state index in [4.69, 9.17) is 14.2 Å². The van der Waals surface area contributed by atoms with Crippen molar-refractivity contribution in [2.45, 2.75) is 51.5 Å². The number of hydrogen-bond acceptors (Lipinski definition) is 4. The number of ether oxygens (including phenoxy) is 3. The van der Waals surface area contributed by atoms with E-state index in [0.717, 1.165) is 16.7 Å². The van der Waals surface area contributed by atoms with Crippen LogP contribution in [-0.4, -0.2) is 24.1 Å². The quantitative estimate of drug-likeness (QED) is 0.459. The molecule has 4 rings (SSSR count). The van der Waals surface area contributed by atoms with Gasteiger partial charge in [0.25, 0.3) is 0 Å². The van der Waals surface area contributed by atoms with Gasteiger partial charge in [0, 0.05) is 6.42 Å². The molecule has 0 amide bonds. The second kappa shape index (κ2) is 11.2. The van der Waals surface area contributed by atoms with E-state index >= 15 is 0 Å². The van der Waals surface area contributed by atoms with Gasteiger partial charge in [-0.25, -0.2) is 0 Å². The summed E-state index contributed by atoms with van der Waals surface area (Å²) < 4.78 is 18.9. The third-order valence-electron chi connectivity index (χ3n) is 5.87. The van der Waals surface area contributed by atoms with Crippen LogP contribution in [0.2, 0.25) is 0 Å². The minimum atomic E-state index is -0.657. The Kier molecular flexibility index (Phi) is 7.83. The molecule has 1 unspecified atom stereocenters. The Labute approximate surface area is 190 Å². The molecule has 0 radical (unpaired) electrons. The fraction of sp³-hybridized carbons (Fsp3) is 0.321. The van der Waals surface area contributed by atoms with Crippen molar-refractivity contribution < 1.29 is 19.0 Å². The van der Waals surface area contributed by atoms with Crippen molar-refractivity contribution in [2.75, 3.05) is 0 Å². The highest BCUT2D eigenvalue weighted by atomic mass is 16.6. The van der Waals surface area contributed by atoms with Crippen LogP contribution in [0.5, 0.6) is 0 Å². The van der Waals surface area contributed by atoms with Gasteiger partial charge in [-0.15, -0.1) is 0 Å². The maximum Gasteiger partial charge on any atom is 0.164 e. The molecule has 0 aliphatic heterocycles. The molecule has 0 saturated heterocycles. The zero-order valence-corrected chi connectivity index (χ0v) is 18.4. The minimum Gasteiger partial charge on any atom is -0.370 e. The third-order valence-corrected chi connectivity index (χ3v) is 5.87.